The Bertz CT molecular complexity index is 657. The van der Waals surface area contributed by atoms with E-state index in [0.717, 1.165) is 12.1 Å². The van der Waals surface area contributed by atoms with Crippen molar-refractivity contribution in [3.8, 4) is 17.2 Å². The number of hydrogen-bond donors (Lipinski definition) is 1. The predicted octanol–water partition coefficient (Wildman–Crippen LogP) is 3.22. The highest BCUT2D eigenvalue weighted by Crippen LogP contribution is 2.34. The van der Waals surface area contributed by atoms with Gasteiger partial charge in [-0.05, 0) is 24.3 Å². The van der Waals surface area contributed by atoms with E-state index >= 15 is 0 Å². The van der Waals surface area contributed by atoms with Crippen LogP contribution in [0.15, 0.2) is 36.7 Å². The maximum Gasteiger partial charge on any atom is 0.416 e. The summed E-state index contributed by atoms with van der Waals surface area (Å²) in [6.07, 6.45) is -1.75. The molecule has 96 valence electrons. The second kappa shape index (κ2) is 4.61. The first-order valence-electron chi connectivity index (χ1n) is 5.24. The van der Waals surface area contributed by atoms with Gasteiger partial charge in [-0.25, -0.2) is 0 Å². The number of nitrogens with zero attached hydrogens (tertiary/aromatic N) is 2. The van der Waals surface area contributed by atoms with Gasteiger partial charge in [0.1, 0.15) is 6.07 Å². The highest BCUT2D eigenvalue weighted by atomic mass is 19.4. The highest BCUT2D eigenvalue weighted by molar-refractivity contribution is 5.77. The van der Waals surface area contributed by atoms with Gasteiger partial charge in [0.15, 0.2) is 0 Å². The lowest BCUT2D eigenvalue weighted by molar-refractivity contribution is -0.137. The van der Waals surface area contributed by atoms with Crippen LogP contribution >= 0.6 is 0 Å². The molecule has 2 N–H and O–H groups in total. The summed E-state index contributed by atoms with van der Waals surface area (Å²) in [5.41, 5.74) is 5.93. The van der Waals surface area contributed by atoms with Gasteiger partial charge in [0.2, 0.25) is 0 Å². The summed E-state index contributed by atoms with van der Waals surface area (Å²) in [5, 5.41) is 8.76. The molecule has 19 heavy (non-hydrogen) atoms. The van der Waals surface area contributed by atoms with Crippen LogP contribution in [-0.4, -0.2) is 4.98 Å². The average Bonchev–Trinajstić information content (AvgIpc) is 2.38. The number of rotatable bonds is 1. The fraction of sp³-hybridized carbons (Fsp3) is 0.0769. The second-order valence-corrected chi connectivity index (χ2v) is 3.87. The third-order valence-electron chi connectivity index (χ3n) is 2.56. The summed E-state index contributed by atoms with van der Waals surface area (Å²) in [6.45, 7) is 0. The van der Waals surface area contributed by atoms with Crippen LogP contribution in [0.5, 0.6) is 0 Å². The van der Waals surface area contributed by atoms with E-state index in [1.165, 1.54) is 24.5 Å². The summed E-state index contributed by atoms with van der Waals surface area (Å²) in [6, 6.07) is 6.38. The normalized spacial score (nSPS) is 11.1. The Morgan fingerprint density at radius 1 is 1.16 bits per heavy atom. The number of nitrogens with two attached hydrogens (primary N) is 1. The standard InChI is InChI=1S/C13H8F3N3/c14-13(15,16)10-1-2-12(18)11(4-10)9-3-8(5-17)6-19-7-9/h1-4,6-7H,18H2. The zero-order chi connectivity index (χ0) is 14.0. The Kier molecular flexibility index (Phi) is 3.13. The molecule has 1 aromatic carbocycles. The van der Waals surface area contributed by atoms with E-state index in [9.17, 15) is 13.2 Å². The molecule has 0 spiro atoms. The topological polar surface area (TPSA) is 62.7 Å². The van der Waals surface area contributed by atoms with Gasteiger partial charge in [0.25, 0.3) is 0 Å². The van der Waals surface area contributed by atoms with Crippen LogP contribution in [0.4, 0.5) is 18.9 Å². The van der Waals surface area contributed by atoms with Crippen molar-refractivity contribution < 1.29 is 13.2 Å². The minimum absolute atomic E-state index is 0.199. The van der Waals surface area contributed by atoms with Crippen LogP contribution in [0.25, 0.3) is 11.1 Å². The lowest BCUT2D eigenvalue weighted by atomic mass is 10.0. The molecule has 0 aliphatic carbocycles. The first-order chi connectivity index (χ1) is 8.91. The molecule has 0 saturated carbocycles. The van der Waals surface area contributed by atoms with Crippen LogP contribution in [0.1, 0.15) is 11.1 Å². The molecular formula is C13H8F3N3. The minimum Gasteiger partial charge on any atom is -0.398 e. The molecule has 0 saturated heterocycles. The highest BCUT2D eigenvalue weighted by Gasteiger charge is 2.31. The predicted molar refractivity (Wildman–Crippen MR) is 63.8 cm³/mol. The second-order valence-electron chi connectivity index (χ2n) is 3.87. The lowest BCUT2D eigenvalue weighted by Crippen LogP contribution is -2.05. The van der Waals surface area contributed by atoms with Crippen LogP contribution < -0.4 is 5.73 Å². The van der Waals surface area contributed by atoms with Gasteiger partial charge in [0.05, 0.1) is 11.1 Å². The molecule has 3 nitrogen and oxygen atoms in total. The number of hydrogen-bond acceptors (Lipinski definition) is 3. The first-order valence-corrected chi connectivity index (χ1v) is 5.24. The number of halogens is 3. The summed E-state index contributed by atoms with van der Waals surface area (Å²) < 4.78 is 38.0. The van der Waals surface area contributed by atoms with Crippen molar-refractivity contribution in [1.29, 1.82) is 5.26 Å². The van der Waals surface area contributed by atoms with E-state index in [0.29, 0.717) is 5.56 Å². The molecule has 0 radical (unpaired) electrons. The van der Waals surface area contributed by atoms with Crippen LogP contribution in [0, 0.1) is 11.3 Å². The Balaban J connectivity index is 2.58. The summed E-state index contributed by atoms with van der Waals surface area (Å²) in [7, 11) is 0. The minimum atomic E-state index is -4.44. The van der Waals surface area contributed by atoms with Crippen molar-refractivity contribution in [3.63, 3.8) is 0 Å². The third-order valence-corrected chi connectivity index (χ3v) is 2.56. The van der Waals surface area contributed by atoms with Crippen LogP contribution in [0.3, 0.4) is 0 Å². The quantitative estimate of drug-likeness (QED) is 0.803. The van der Waals surface area contributed by atoms with E-state index in [-0.39, 0.29) is 16.8 Å². The zero-order valence-corrected chi connectivity index (χ0v) is 9.57. The maximum atomic E-state index is 12.7. The van der Waals surface area contributed by atoms with Crippen molar-refractivity contribution >= 4 is 5.69 Å². The monoisotopic (exact) mass is 263 g/mol. The Hall–Kier alpha value is -2.55. The summed E-state index contributed by atoms with van der Waals surface area (Å²) in [4.78, 5) is 3.81. The van der Waals surface area contributed by atoms with E-state index in [1.807, 2.05) is 6.07 Å². The molecule has 0 unspecified atom stereocenters. The number of aromatic nitrogens is 1. The SMILES string of the molecule is N#Cc1cncc(-c2cc(C(F)(F)F)ccc2N)c1. The van der Waals surface area contributed by atoms with Gasteiger partial charge in [-0.1, -0.05) is 0 Å². The zero-order valence-electron chi connectivity index (χ0n) is 9.57. The van der Waals surface area contributed by atoms with E-state index in [4.69, 9.17) is 11.0 Å². The number of pyridine rings is 1. The molecule has 0 amide bonds. The molecule has 0 aliphatic heterocycles. The average molecular weight is 263 g/mol. The van der Waals surface area contributed by atoms with E-state index < -0.39 is 11.7 Å². The van der Waals surface area contributed by atoms with Crippen molar-refractivity contribution in [1.82, 2.24) is 4.98 Å². The Morgan fingerprint density at radius 3 is 2.53 bits per heavy atom. The third kappa shape index (κ3) is 2.65. The molecule has 6 heteroatoms. The van der Waals surface area contributed by atoms with E-state index in [2.05, 4.69) is 4.98 Å². The largest absolute Gasteiger partial charge is 0.416 e. The Morgan fingerprint density at radius 2 is 1.89 bits per heavy atom. The summed E-state index contributed by atoms with van der Waals surface area (Å²) >= 11 is 0. The molecular weight excluding hydrogens is 255 g/mol. The number of nitrogen functional groups attached to an aromatic ring is 1. The van der Waals surface area contributed by atoms with Crippen molar-refractivity contribution in [2.45, 2.75) is 6.18 Å². The molecule has 0 atom stereocenters. The van der Waals surface area contributed by atoms with Crippen LogP contribution in [0.2, 0.25) is 0 Å². The maximum absolute atomic E-state index is 12.7. The Labute approximate surface area is 107 Å². The van der Waals surface area contributed by atoms with Gasteiger partial charge in [-0.2, -0.15) is 18.4 Å². The number of alkyl halides is 3. The van der Waals surface area contributed by atoms with Crippen molar-refractivity contribution in [3.05, 3.63) is 47.8 Å². The van der Waals surface area contributed by atoms with E-state index in [1.54, 1.807) is 0 Å². The van der Waals surface area contributed by atoms with Gasteiger partial charge in [-0.3, -0.25) is 4.98 Å². The van der Waals surface area contributed by atoms with Gasteiger partial charge < -0.3 is 5.73 Å². The van der Waals surface area contributed by atoms with Gasteiger partial charge >= 0.3 is 6.18 Å². The smallest absolute Gasteiger partial charge is 0.398 e. The fourth-order valence-corrected chi connectivity index (χ4v) is 1.63. The summed E-state index contributed by atoms with van der Waals surface area (Å²) in [5.74, 6) is 0. The first kappa shape index (κ1) is 12.9. The van der Waals surface area contributed by atoms with Gasteiger partial charge in [-0.15, -0.1) is 0 Å². The van der Waals surface area contributed by atoms with Crippen molar-refractivity contribution in [2.75, 3.05) is 5.73 Å². The molecule has 0 bridgehead atoms. The molecule has 1 aromatic heterocycles. The number of anilines is 1. The lowest BCUT2D eigenvalue weighted by Gasteiger charge is -2.11. The van der Waals surface area contributed by atoms with Crippen LogP contribution in [-0.2, 0) is 6.18 Å². The molecule has 1 heterocycles. The van der Waals surface area contributed by atoms with Gasteiger partial charge in [0, 0.05) is 29.2 Å². The molecule has 0 fully saturated rings. The molecule has 2 aromatic rings. The van der Waals surface area contributed by atoms with Crippen molar-refractivity contribution in [2.24, 2.45) is 0 Å². The molecule has 0 aliphatic rings. The fourth-order valence-electron chi connectivity index (χ4n) is 1.63. The number of benzene rings is 1. The number of nitriles is 1. The molecule has 2 rings (SSSR count).